The van der Waals surface area contributed by atoms with Gasteiger partial charge < -0.3 is 21.7 Å². The molecule has 2 aromatic rings. The Morgan fingerprint density at radius 1 is 1.03 bits per heavy atom. The summed E-state index contributed by atoms with van der Waals surface area (Å²) in [5, 5.41) is 22.2. The summed E-state index contributed by atoms with van der Waals surface area (Å²) in [6.45, 7) is 0. The Morgan fingerprint density at radius 3 is 2.27 bits per heavy atom. The lowest BCUT2D eigenvalue weighted by atomic mass is 9.52. The summed E-state index contributed by atoms with van der Waals surface area (Å²) in [6.07, 6.45) is 0.195. The van der Waals surface area contributed by atoms with Crippen molar-refractivity contribution in [1.82, 2.24) is 4.90 Å². The number of likely N-dealkylation sites (N-methyl/N-ethyl adjacent to an activating group) is 1. The number of amides is 1. The third-order valence-corrected chi connectivity index (χ3v) is 8.17. The first kappa shape index (κ1) is 24.8. The molecule has 2 aromatic carbocycles. The van der Waals surface area contributed by atoms with Crippen molar-refractivity contribution in [2.45, 2.75) is 24.5 Å². The molecular formula is C27H27N3O7. The van der Waals surface area contributed by atoms with Gasteiger partial charge in [0.15, 0.2) is 34.7 Å². The average molecular weight is 506 g/mol. The van der Waals surface area contributed by atoms with Crippen LogP contribution in [0.4, 0.5) is 5.69 Å². The predicted octanol–water partition coefficient (Wildman–Crippen LogP) is 0.116. The van der Waals surface area contributed by atoms with Crippen LogP contribution in [-0.4, -0.2) is 69.9 Å². The number of hydrogen-bond acceptors (Lipinski definition) is 9. The number of aromatic hydroxyl groups is 1. The van der Waals surface area contributed by atoms with E-state index in [1.165, 1.54) is 11.0 Å². The summed E-state index contributed by atoms with van der Waals surface area (Å²) >= 11 is 0. The number of anilines is 1. The quantitative estimate of drug-likeness (QED) is 0.333. The monoisotopic (exact) mass is 505 g/mol. The van der Waals surface area contributed by atoms with Crippen LogP contribution in [0, 0.1) is 23.7 Å². The lowest BCUT2D eigenvalue weighted by molar-refractivity contribution is -0.181. The number of rotatable bonds is 3. The zero-order chi connectivity index (χ0) is 27.0. The third kappa shape index (κ3) is 3.36. The molecule has 3 aliphatic rings. The number of nitrogens with zero attached hydrogens (tertiary/aromatic N) is 1. The number of nitrogen functional groups attached to an aromatic ring is 1. The predicted molar refractivity (Wildman–Crippen MR) is 131 cm³/mol. The molecule has 6 N–H and O–H groups in total. The Hall–Kier alpha value is -3.89. The summed E-state index contributed by atoms with van der Waals surface area (Å²) in [6, 6.07) is 8.90. The Morgan fingerprint density at radius 2 is 1.68 bits per heavy atom. The van der Waals surface area contributed by atoms with E-state index in [2.05, 4.69) is 0 Å². The van der Waals surface area contributed by atoms with Crippen LogP contribution in [0.2, 0.25) is 0 Å². The smallest absolute Gasteiger partial charge is 0.235 e. The van der Waals surface area contributed by atoms with Crippen LogP contribution in [0.25, 0.3) is 11.1 Å². The maximum absolute atomic E-state index is 13.8. The van der Waals surface area contributed by atoms with Gasteiger partial charge in [0.05, 0.1) is 17.5 Å². The standard InChI is InChI=1S/C27H27N3O7/c1-30(2)21-16-10-12-9-15-14(11-3-5-13(28)6-4-11)7-8-17(31)19(15)22(32)18(12)24(34)27(16,37)25(35)20(23(21)33)26(29)36/h3-8,12,16,18,20-21,31,37H,9-10,28H2,1-2H3,(H2,29,36). The van der Waals surface area contributed by atoms with Crippen molar-refractivity contribution in [3.63, 3.8) is 0 Å². The molecule has 0 heterocycles. The van der Waals surface area contributed by atoms with Crippen LogP contribution in [0.3, 0.4) is 0 Å². The molecule has 6 atom stereocenters. The molecule has 0 aliphatic heterocycles. The molecule has 0 aromatic heterocycles. The second-order valence-corrected chi connectivity index (χ2v) is 10.4. The van der Waals surface area contributed by atoms with Gasteiger partial charge in [-0.3, -0.25) is 28.9 Å². The van der Waals surface area contributed by atoms with Gasteiger partial charge in [-0.2, -0.15) is 0 Å². The number of ketones is 4. The van der Waals surface area contributed by atoms with Crippen molar-refractivity contribution in [3.05, 3.63) is 47.5 Å². The molecule has 37 heavy (non-hydrogen) atoms. The number of hydrogen-bond donors (Lipinski definition) is 4. The van der Waals surface area contributed by atoms with Crippen LogP contribution in [-0.2, 0) is 25.6 Å². The molecule has 0 radical (unpaired) electrons. The van der Waals surface area contributed by atoms with E-state index in [1.54, 1.807) is 44.4 Å². The first-order valence-electron chi connectivity index (χ1n) is 11.9. The lowest BCUT2D eigenvalue weighted by Crippen LogP contribution is -2.74. The minimum Gasteiger partial charge on any atom is -0.507 e. The van der Waals surface area contributed by atoms with Gasteiger partial charge in [-0.1, -0.05) is 18.2 Å². The fraction of sp³-hybridized carbons (Fsp3) is 0.370. The minimum atomic E-state index is -2.74. The molecule has 5 rings (SSSR count). The fourth-order valence-electron chi connectivity index (χ4n) is 6.54. The molecule has 3 aliphatic carbocycles. The van der Waals surface area contributed by atoms with Gasteiger partial charge in [0.25, 0.3) is 0 Å². The first-order valence-corrected chi connectivity index (χ1v) is 11.9. The summed E-state index contributed by atoms with van der Waals surface area (Å²) in [5.41, 5.74) is 10.9. The number of carbonyl (C=O) groups is 5. The molecule has 10 nitrogen and oxygen atoms in total. The highest BCUT2D eigenvalue weighted by molar-refractivity contribution is 6.32. The molecular weight excluding hydrogens is 478 g/mol. The van der Waals surface area contributed by atoms with E-state index in [-0.39, 0.29) is 24.2 Å². The van der Waals surface area contributed by atoms with E-state index in [0.717, 1.165) is 5.56 Å². The summed E-state index contributed by atoms with van der Waals surface area (Å²) in [7, 11) is 3.10. The van der Waals surface area contributed by atoms with Gasteiger partial charge in [0.2, 0.25) is 5.91 Å². The number of carbonyl (C=O) groups excluding carboxylic acids is 5. The molecule has 1 amide bonds. The molecule has 2 fully saturated rings. The van der Waals surface area contributed by atoms with Gasteiger partial charge >= 0.3 is 0 Å². The topological polar surface area (TPSA) is 181 Å². The van der Waals surface area contributed by atoms with Crippen molar-refractivity contribution in [2.24, 2.45) is 29.4 Å². The second kappa shape index (κ2) is 8.32. The van der Waals surface area contributed by atoms with Crippen LogP contribution in [0.1, 0.15) is 22.3 Å². The van der Waals surface area contributed by atoms with Crippen LogP contribution >= 0.6 is 0 Å². The van der Waals surface area contributed by atoms with E-state index in [4.69, 9.17) is 11.5 Å². The highest BCUT2D eigenvalue weighted by Gasteiger charge is 2.69. The number of fused-ring (bicyclic) bond motifs is 3. The SMILES string of the molecule is CN(C)C1C(=O)C(C(N)=O)C(=O)C2(O)C(=O)C3C(=O)c4c(O)ccc(-c5ccc(N)cc5)c4CC3CC12. The highest BCUT2D eigenvalue weighted by atomic mass is 16.3. The number of phenolic OH excluding ortho intramolecular Hbond substituents is 1. The fourth-order valence-corrected chi connectivity index (χ4v) is 6.54. The second-order valence-electron chi connectivity index (χ2n) is 10.4. The normalized spacial score (nSPS) is 31.1. The summed E-state index contributed by atoms with van der Waals surface area (Å²) in [4.78, 5) is 67.5. The number of aliphatic hydroxyl groups is 1. The summed E-state index contributed by atoms with van der Waals surface area (Å²) < 4.78 is 0. The zero-order valence-electron chi connectivity index (χ0n) is 20.3. The third-order valence-electron chi connectivity index (χ3n) is 8.17. The van der Waals surface area contributed by atoms with Crippen molar-refractivity contribution in [3.8, 4) is 16.9 Å². The van der Waals surface area contributed by atoms with Crippen molar-refractivity contribution in [1.29, 1.82) is 0 Å². The molecule has 192 valence electrons. The Labute approximate surface area is 212 Å². The Kier molecular flexibility index (Phi) is 5.58. The highest BCUT2D eigenvalue weighted by Crippen LogP contribution is 2.51. The zero-order valence-corrected chi connectivity index (χ0v) is 20.3. The van der Waals surface area contributed by atoms with Gasteiger partial charge in [0, 0.05) is 11.6 Å². The van der Waals surface area contributed by atoms with Crippen molar-refractivity contribution < 1.29 is 34.2 Å². The number of benzene rings is 2. The summed E-state index contributed by atoms with van der Waals surface area (Å²) in [5.74, 6) is -10.6. The van der Waals surface area contributed by atoms with Crippen molar-refractivity contribution >= 4 is 34.7 Å². The lowest BCUT2D eigenvalue weighted by Gasteiger charge is -2.52. The molecule has 2 saturated carbocycles. The van der Waals surface area contributed by atoms with E-state index in [1.807, 2.05) is 0 Å². The number of Topliss-reactive ketones (excluding diaryl/α,β-unsaturated/α-hetero) is 4. The first-order chi connectivity index (χ1) is 17.4. The van der Waals surface area contributed by atoms with E-state index >= 15 is 0 Å². The Balaban J connectivity index is 1.66. The van der Waals surface area contributed by atoms with Gasteiger partial charge in [-0.05, 0) is 67.7 Å². The van der Waals surface area contributed by atoms with Gasteiger partial charge in [0.1, 0.15) is 5.75 Å². The molecule has 6 unspecified atom stereocenters. The van der Waals surface area contributed by atoms with E-state index in [0.29, 0.717) is 16.8 Å². The number of nitrogens with two attached hydrogens (primary N) is 2. The maximum atomic E-state index is 13.8. The maximum Gasteiger partial charge on any atom is 0.235 e. The molecule has 0 saturated heterocycles. The molecule has 0 bridgehead atoms. The van der Waals surface area contributed by atoms with E-state index in [9.17, 15) is 34.2 Å². The average Bonchev–Trinajstić information content (AvgIpc) is 2.82. The van der Waals surface area contributed by atoms with E-state index < -0.39 is 64.4 Å². The Bertz CT molecular complexity index is 1380. The molecule has 0 spiro atoms. The number of phenols is 1. The van der Waals surface area contributed by atoms with Crippen LogP contribution in [0.5, 0.6) is 5.75 Å². The number of primary amides is 1. The molecule has 10 heteroatoms. The van der Waals surface area contributed by atoms with Crippen LogP contribution in [0.15, 0.2) is 36.4 Å². The van der Waals surface area contributed by atoms with Crippen LogP contribution < -0.4 is 11.5 Å². The van der Waals surface area contributed by atoms with Gasteiger partial charge in [-0.25, -0.2) is 0 Å². The largest absolute Gasteiger partial charge is 0.507 e. The van der Waals surface area contributed by atoms with Gasteiger partial charge in [-0.15, -0.1) is 0 Å². The minimum absolute atomic E-state index is 0.000723. The van der Waals surface area contributed by atoms with Crippen molar-refractivity contribution in [2.75, 3.05) is 19.8 Å².